The van der Waals surface area contributed by atoms with Crippen molar-refractivity contribution < 1.29 is 14.3 Å². The van der Waals surface area contributed by atoms with E-state index in [9.17, 15) is 4.79 Å². The Labute approximate surface area is 170 Å². The summed E-state index contributed by atoms with van der Waals surface area (Å²) in [6.45, 7) is 6.44. The number of amidine groups is 1. The van der Waals surface area contributed by atoms with Crippen molar-refractivity contribution in [1.29, 1.82) is 0 Å². The molecule has 0 aromatic heterocycles. The Kier molecular flexibility index (Phi) is 6.41. The molecule has 0 aliphatic carbocycles. The van der Waals surface area contributed by atoms with Gasteiger partial charge < -0.3 is 9.47 Å². The molecule has 0 radical (unpaired) electrons. The van der Waals surface area contributed by atoms with Gasteiger partial charge in [0.2, 0.25) is 0 Å². The molecule has 146 valence electrons. The Bertz CT molecular complexity index is 907. The van der Waals surface area contributed by atoms with Gasteiger partial charge in [-0.25, -0.2) is 4.99 Å². The van der Waals surface area contributed by atoms with Crippen molar-refractivity contribution in [3.8, 4) is 11.5 Å². The minimum atomic E-state index is -0.0385. The number of benzene rings is 2. The summed E-state index contributed by atoms with van der Waals surface area (Å²) in [5.41, 5.74) is 1.71. The standard InChI is InChI=1S/C22H24N2O3S/c1-5-27-19-13-16(11-12-18(19)26-4)14-20-21(25)24(15(2)3)22(28-20)23-17-9-7-6-8-10-17/h6-15H,5H2,1-4H3/b20-14+,23-22?. The SMILES string of the molecule is CCOc1cc(/C=C2/SC(=Nc3ccccc3)N(C(C)C)C2=O)ccc1OC. The molecule has 0 saturated carbocycles. The molecule has 1 amide bonds. The Hall–Kier alpha value is -2.73. The summed E-state index contributed by atoms with van der Waals surface area (Å²) in [5.74, 6) is 1.29. The lowest BCUT2D eigenvalue weighted by molar-refractivity contribution is -0.123. The molecule has 0 unspecified atom stereocenters. The number of carbonyl (C=O) groups excluding carboxylic acids is 1. The number of nitrogens with zero attached hydrogens (tertiary/aromatic N) is 2. The summed E-state index contributed by atoms with van der Waals surface area (Å²) in [7, 11) is 1.61. The molecule has 0 atom stereocenters. The molecule has 0 spiro atoms. The molecule has 0 bridgehead atoms. The van der Waals surface area contributed by atoms with Crippen LogP contribution >= 0.6 is 11.8 Å². The minimum absolute atomic E-state index is 0.0169. The summed E-state index contributed by atoms with van der Waals surface area (Å²) in [4.78, 5) is 20.0. The third kappa shape index (κ3) is 4.39. The number of para-hydroxylation sites is 1. The highest BCUT2D eigenvalue weighted by atomic mass is 32.2. The molecular weight excluding hydrogens is 372 g/mol. The number of rotatable bonds is 6. The van der Waals surface area contributed by atoms with E-state index in [0.717, 1.165) is 11.3 Å². The maximum Gasteiger partial charge on any atom is 0.266 e. The fourth-order valence-electron chi connectivity index (χ4n) is 2.84. The number of carbonyl (C=O) groups is 1. The van der Waals surface area contributed by atoms with Crippen molar-refractivity contribution in [2.24, 2.45) is 4.99 Å². The predicted molar refractivity (Wildman–Crippen MR) is 115 cm³/mol. The quantitative estimate of drug-likeness (QED) is 0.637. The van der Waals surface area contributed by atoms with Crippen molar-refractivity contribution in [3.05, 3.63) is 59.0 Å². The van der Waals surface area contributed by atoms with E-state index >= 15 is 0 Å². The van der Waals surface area contributed by atoms with Crippen molar-refractivity contribution in [2.45, 2.75) is 26.8 Å². The molecule has 1 saturated heterocycles. The topological polar surface area (TPSA) is 51.1 Å². The van der Waals surface area contributed by atoms with Crippen LogP contribution in [-0.2, 0) is 4.79 Å². The van der Waals surface area contributed by atoms with Crippen LogP contribution in [0.1, 0.15) is 26.3 Å². The summed E-state index contributed by atoms with van der Waals surface area (Å²) in [6, 6.07) is 15.3. The number of amides is 1. The maximum atomic E-state index is 13.0. The van der Waals surface area contributed by atoms with E-state index in [-0.39, 0.29) is 11.9 Å². The van der Waals surface area contributed by atoms with Crippen molar-refractivity contribution in [2.75, 3.05) is 13.7 Å². The fourth-order valence-corrected chi connectivity index (χ4v) is 3.96. The first kappa shape index (κ1) is 20.0. The van der Waals surface area contributed by atoms with E-state index in [1.807, 2.05) is 75.4 Å². The van der Waals surface area contributed by atoms with Crippen LogP contribution in [0.2, 0.25) is 0 Å². The zero-order valence-corrected chi connectivity index (χ0v) is 17.3. The average molecular weight is 397 g/mol. The lowest BCUT2D eigenvalue weighted by atomic mass is 10.1. The zero-order valence-electron chi connectivity index (χ0n) is 16.5. The molecule has 2 aromatic carbocycles. The number of methoxy groups -OCH3 is 1. The van der Waals surface area contributed by atoms with Crippen LogP contribution in [-0.4, -0.2) is 35.7 Å². The minimum Gasteiger partial charge on any atom is -0.493 e. The second-order valence-electron chi connectivity index (χ2n) is 6.45. The van der Waals surface area contributed by atoms with E-state index in [4.69, 9.17) is 9.47 Å². The van der Waals surface area contributed by atoms with Gasteiger partial charge in [-0.05, 0) is 68.4 Å². The molecule has 3 rings (SSSR count). The Morgan fingerprint density at radius 3 is 2.54 bits per heavy atom. The van der Waals surface area contributed by atoms with Gasteiger partial charge in [0.15, 0.2) is 16.7 Å². The van der Waals surface area contributed by atoms with Gasteiger partial charge in [-0.1, -0.05) is 24.3 Å². The predicted octanol–water partition coefficient (Wildman–Crippen LogP) is 5.11. The van der Waals surface area contributed by atoms with E-state index in [1.54, 1.807) is 12.0 Å². The smallest absolute Gasteiger partial charge is 0.266 e. The lowest BCUT2D eigenvalue weighted by Gasteiger charge is -2.19. The van der Waals surface area contributed by atoms with E-state index in [1.165, 1.54) is 11.8 Å². The first-order valence-electron chi connectivity index (χ1n) is 9.21. The molecule has 1 heterocycles. The van der Waals surface area contributed by atoms with Gasteiger partial charge in [0.25, 0.3) is 5.91 Å². The fraction of sp³-hybridized carbons (Fsp3) is 0.273. The normalized spacial score (nSPS) is 17.0. The van der Waals surface area contributed by atoms with Crippen LogP contribution in [0, 0.1) is 0 Å². The first-order valence-corrected chi connectivity index (χ1v) is 10.0. The summed E-state index contributed by atoms with van der Waals surface area (Å²) < 4.78 is 11.0. The molecule has 28 heavy (non-hydrogen) atoms. The molecular formula is C22H24N2O3S. The zero-order chi connectivity index (χ0) is 20.1. The number of aliphatic imine (C=N–C) groups is 1. The monoisotopic (exact) mass is 396 g/mol. The average Bonchev–Trinajstić information content (AvgIpc) is 2.98. The third-order valence-electron chi connectivity index (χ3n) is 4.12. The van der Waals surface area contributed by atoms with Crippen LogP contribution in [0.25, 0.3) is 6.08 Å². The van der Waals surface area contributed by atoms with E-state index < -0.39 is 0 Å². The summed E-state index contributed by atoms with van der Waals surface area (Å²) in [5, 5.41) is 0.691. The molecule has 1 aliphatic rings. The van der Waals surface area contributed by atoms with Gasteiger partial charge in [-0.15, -0.1) is 0 Å². The molecule has 5 nitrogen and oxygen atoms in total. The second kappa shape index (κ2) is 8.97. The summed E-state index contributed by atoms with van der Waals surface area (Å²) in [6.07, 6.45) is 1.87. The Morgan fingerprint density at radius 2 is 1.89 bits per heavy atom. The van der Waals surface area contributed by atoms with Crippen molar-refractivity contribution in [1.82, 2.24) is 4.90 Å². The highest BCUT2D eigenvalue weighted by Crippen LogP contribution is 2.36. The summed E-state index contributed by atoms with van der Waals surface area (Å²) >= 11 is 1.39. The molecule has 1 fully saturated rings. The lowest BCUT2D eigenvalue weighted by Crippen LogP contribution is -2.35. The Balaban J connectivity index is 1.95. The molecule has 2 aromatic rings. The van der Waals surface area contributed by atoms with Gasteiger partial charge in [0, 0.05) is 6.04 Å². The largest absolute Gasteiger partial charge is 0.493 e. The Morgan fingerprint density at radius 1 is 1.14 bits per heavy atom. The van der Waals surface area contributed by atoms with Gasteiger partial charge in [-0.3, -0.25) is 9.69 Å². The van der Waals surface area contributed by atoms with Crippen LogP contribution in [0.4, 0.5) is 5.69 Å². The van der Waals surface area contributed by atoms with Gasteiger partial charge in [0.05, 0.1) is 24.3 Å². The van der Waals surface area contributed by atoms with Crippen LogP contribution in [0.15, 0.2) is 58.4 Å². The molecule has 6 heteroatoms. The highest BCUT2D eigenvalue weighted by Gasteiger charge is 2.35. The van der Waals surface area contributed by atoms with Crippen LogP contribution in [0.5, 0.6) is 11.5 Å². The number of hydrogen-bond donors (Lipinski definition) is 0. The molecule has 1 aliphatic heterocycles. The van der Waals surface area contributed by atoms with Crippen molar-refractivity contribution >= 4 is 34.6 Å². The molecule has 0 N–H and O–H groups in total. The van der Waals surface area contributed by atoms with Gasteiger partial charge in [-0.2, -0.15) is 0 Å². The van der Waals surface area contributed by atoms with Crippen LogP contribution < -0.4 is 9.47 Å². The first-order chi connectivity index (χ1) is 13.5. The van der Waals surface area contributed by atoms with E-state index in [2.05, 4.69) is 4.99 Å². The van der Waals surface area contributed by atoms with Gasteiger partial charge in [0.1, 0.15) is 0 Å². The number of ether oxygens (including phenoxy) is 2. The number of hydrogen-bond acceptors (Lipinski definition) is 5. The van der Waals surface area contributed by atoms with Gasteiger partial charge >= 0.3 is 0 Å². The van der Waals surface area contributed by atoms with Crippen molar-refractivity contribution in [3.63, 3.8) is 0 Å². The van der Waals surface area contributed by atoms with E-state index in [0.29, 0.717) is 28.2 Å². The highest BCUT2D eigenvalue weighted by molar-refractivity contribution is 8.18. The number of thioether (sulfide) groups is 1. The third-order valence-corrected chi connectivity index (χ3v) is 5.10. The van der Waals surface area contributed by atoms with Crippen LogP contribution in [0.3, 0.4) is 0 Å². The second-order valence-corrected chi connectivity index (χ2v) is 7.46. The maximum absolute atomic E-state index is 13.0.